The molecule has 27 heavy (non-hydrogen) atoms. The lowest BCUT2D eigenvalue weighted by molar-refractivity contribution is -0.154. The number of nitrogens with zero attached hydrogens (tertiary/aromatic N) is 1. The van der Waals surface area contributed by atoms with Crippen LogP contribution in [0.25, 0.3) is 0 Å². The summed E-state index contributed by atoms with van der Waals surface area (Å²) in [5.74, 6) is -0.0942. The van der Waals surface area contributed by atoms with Gasteiger partial charge in [-0.1, -0.05) is 12.1 Å². The number of halogens is 3. The van der Waals surface area contributed by atoms with E-state index in [9.17, 15) is 18.0 Å². The Labute approximate surface area is 154 Å². The molecule has 3 rings (SSSR count). The monoisotopic (exact) mass is 379 g/mol. The zero-order chi connectivity index (χ0) is 19.3. The van der Waals surface area contributed by atoms with E-state index < -0.39 is 18.7 Å². The molecule has 0 saturated carbocycles. The fourth-order valence-electron chi connectivity index (χ4n) is 2.93. The molecule has 0 spiro atoms. The van der Waals surface area contributed by atoms with Gasteiger partial charge < -0.3 is 15.4 Å². The van der Waals surface area contributed by atoms with Crippen LogP contribution in [0.15, 0.2) is 42.6 Å². The summed E-state index contributed by atoms with van der Waals surface area (Å²) in [5, 5.41) is 6.12. The Bertz CT molecular complexity index is 755. The van der Waals surface area contributed by atoms with Gasteiger partial charge in [0.1, 0.15) is 0 Å². The van der Waals surface area contributed by atoms with Crippen LogP contribution in [0.5, 0.6) is 5.88 Å². The lowest BCUT2D eigenvalue weighted by Gasteiger charge is -2.23. The van der Waals surface area contributed by atoms with E-state index in [1.165, 1.54) is 23.9 Å². The number of hydrogen-bond acceptors (Lipinski definition) is 4. The number of ether oxygens (including phenoxy) is 1. The summed E-state index contributed by atoms with van der Waals surface area (Å²) in [4.78, 5) is 16.0. The van der Waals surface area contributed by atoms with Gasteiger partial charge in [0.15, 0.2) is 6.61 Å². The van der Waals surface area contributed by atoms with Gasteiger partial charge in [-0.3, -0.25) is 4.79 Å². The van der Waals surface area contributed by atoms with Crippen molar-refractivity contribution in [1.82, 2.24) is 10.3 Å². The van der Waals surface area contributed by atoms with Crippen molar-refractivity contribution in [3.05, 3.63) is 53.7 Å². The number of rotatable bonds is 5. The van der Waals surface area contributed by atoms with Crippen molar-refractivity contribution < 1.29 is 22.7 Å². The van der Waals surface area contributed by atoms with E-state index >= 15 is 0 Å². The van der Waals surface area contributed by atoms with Crippen LogP contribution in [-0.4, -0.2) is 36.8 Å². The van der Waals surface area contributed by atoms with Crippen molar-refractivity contribution >= 4 is 11.6 Å². The summed E-state index contributed by atoms with van der Waals surface area (Å²) < 4.78 is 40.9. The molecule has 1 aromatic heterocycles. The van der Waals surface area contributed by atoms with E-state index in [1.54, 1.807) is 0 Å². The number of piperidine rings is 1. The normalized spacial score (nSPS) is 17.4. The lowest BCUT2D eigenvalue weighted by atomic mass is 9.92. The van der Waals surface area contributed by atoms with Gasteiger partial charge in [0, 0.05) is 24.5 Å². The SMILES string of the molecule is O=C(Nc1ccc([C@@H]2CCCNC2)cc1)c1ccc(OCC(F)(F)F)nc1. The van der Waals surface area contributed by atoms with E-state index in [1.807, 2.05) is 24.3 Å². The Morgan fingerprint density at radius 2 is 2.00 bits per heavy atom. The summed E-state index contributed by atoms with van der Waals surface area (Å²) in [7, 11) is 0. The number of anilines is 1. The third kappa shape index (κ3) is 5.68. The lowest BCUT2D eigenvalue weighted by Crippen LogP contribution is -2.28. The summed E-state index contributed by atoms with van der Waals surface area (Å²) in [6.45, 7) is 0.591. The van der Waals surface area contributed by atoms with E-state index in [0.29, 0.717) is 11.6 Å². The maximum absolute atomic E-state index is 12.2. The van der Waals surface area contributed by atoms with Crippen LogP contribution in [-0.2, 0) is 0 Å². The third-order valence-corrected chi connectivity index (χ3v) is 4.32. The second-order valence-corrected chi connectivity index (χ2v) is 6.41. The molecule has 0 radical (unpaired) electrons. The molecular weight excluding hydrogens is 359 g/mol. The van der Waals surface area contributed by atoms with Gasteiger partial charge in [0.25, 0.3) is 5.91 Å². The highest BCUT2D eigenvalue weighted by Crippen LogP contribution is 2.24. The Kier molecular flexibility index (Phi) is 5.95. The Morgan fingerprint density at radius 1 is 1.22 bits per heavy atom. The molecular formula is C19H20F3N3O2. The fourth-order valence-corrected chi connectivity index (χ4v) is 2.93. The number of hydrogen-bond donors (Lipinski definition) is 2. The van der Waals surface area contributed by atoms with Crippen molar-refractivity contribution in [2.45, 2.75) is 24.9 Å². The van der Waals surface area contributed by atoms with E-state index in [-0.39, 0.29) is 11.4 Å². The van der Waals surface area contributed by atoms with Crippen LogP contribution in [0.3, 0.4) is 0 Å². The quantitative estimate of drug-likeness (QED) is 0.831. The molecule has 1 aliphatic rings. The van der Waals surface area contributed by atoms with Crippen molar-refractivity contribution in [3.8, 4) is 5.88 Å². The average molecular weight is 379 g/mol. The van der Waals surface area contributed by atoms with Crippen molar-refractivity contribution in [2.75, 3.05) is 25.0 Å². The van der Waals surface area contributed by atoms with E-state index in [0.717, 1.165) is 25.9 Å². The number of nitrogens with one attached hydrogen (secondary N) is 2. The molecule has 0 bridgehead atoms. The standard InChI is InChI=1S/C19H20F3N3O2/c20-19(21,22)12-27-17-8-5-15(11-24-17)18(26)25-16-6-3-13(4-7-16)14-2-1-9-23-10-14/h3-8,11,14,23H,1-2,9-10,12H2,(H,25,26)/t14-/m1/s1. The maximum Gasteiger partial charge on any atom is 0.422 e. The smallest absolute Gasteiger partial charge is 0.422 e. The number of carbonyl (C=O) groups is 1. The second kappa shape index (κ2) is 8.39. The molecule has 1 atom stereocenters. The topological polar surface area (TPSA) is 63.2 Å². The van der Waals surface area contributed by atoms with Crippen LogP contribution in [0.1, 0.15) is 34.7 Å². The molecule has 5 nitrogen and oxygen atoms in total. The molecule has 0 unspecified atom stereocenters. The molecule has 1 amide bonds. The van der Waals surface area contributed by atoms with Gasteiger partial charge in [-0.25, -0.2) is 4.98 Å². The van der Waals surface area contributed by atoms with Gasteiger partial charge in [0.2, 0.25) is 5.88 Å². The number of pyridine rings is 1. The van der Waals surface area contributed by atoms with Crippen LogP contribution >= 0.6 is 0 Å². The zero-order valence-electron chi connectivity index (χ0n) is 14.6. The van der Waals surface area contributed by atoms with E-state index in [2.05, 4.69) is 20.4 Å². The Balaban J connectivity index is 1.56. The molecule has 144 valence electrons. The molecule has 2 heterocycles. The predicted molar refractivity (Wildman–Crippen MR) is 95.0 cm³/mol. The molecule has 1 aliphatic heterocycles. The minimum atomic E-state index is -4.43. The zero-order valence-corrected chi connectivity index (χ0v) is 14.6. The molecule has 1 saturated heterocycles. The first-order valence-corrected chi connectivity index (χ1v) is 8.68. The Morgan fingerprint density at radius 3 is 2.59 bits per heavy atom. The van der Waals surface area contributed by atoms with Crippen LogP contribution in [0.2, 0.25) is 0 Å². The summed E-state index contributed by atoms with van der Waals surface area (Å²) in [5.41, 5.74) is 2.10. The molecule has 8 heteroatoms. The first-order valence-electron chi connectivity index (χ1n) is 8.68. The van der Waals surface area contributed by atoms with Gasteiger partial charge in [0.05, 0.1) is 5.56 Å². The average Bonchev–Trinajstić information content (AvgIpc) is 2.67. The highest BCUT2D eigenvalue weighted by atomic mass is 19.4. The summed E-state index contributed by atoms with van der Waals surface area (Å²) in [6.07, 6.45) is -0.952. The molecule has 2 N–H and O–H groups in total. The molecule has 1 fully saturated rings. The highest BCUT2D eigenvalue weighted by molar-refractivity contribution is 6.04. The second-order valence-electron chi connectivity index (χ2n) is 6.41. The summed E-state index contributed by atoms with van der Waals surface area (Å²) in [6, 6.07) is 10.3. The van der Waals surface area contributed by atoms with E-state index in [4.69, 9.17) is 0 Å². The van der Waals surface area contributed by atoms with Gasteiger partial charge in [-0.05, 0) is 49.1 Å². The molecule has 2 aromatic rings. The van der Waals surface area contributed by atoms with Gasteiger partial charge in [-0.2, -0.15) is 13.2 Å². The number of benzene rings is 1. The first kappa shape index (κ1) is 19.2. The number of alkyl halides is 3. The van der Waals surface area contributed by atoms with Gasteiger partial charge in [-0.15, -0.1) is 0 Å². The Hall–Kier alpha value is -2.61. The predicted octanol–water partition coefficient (Wildman–Crippen LogP) is 3.74. The van der Waals surface area contributed by atoms with Crippen LogP contribution < -0.4 is 15.4 Å². The number of carbonyl (C=O) groups excluding carboxylic acids is 1. The van der Waals surface area contributed by atoms with Gasteiger partial charge >= 0.3 is 6.18 Å². The minimum absolute atomic E-state index is 0.186. The van der Waals surface area contributed by atoms with Crippen molar-refractivity contribution in [3.63, 3.8) is 0 Å². The largest absolute Gasteiger partial charge is 0.468 e. The maximum atomic E-state index is 12.2. The van der Waals surface area contributed by atoms with Crippen LogP contribution in [0.4, 0.5) is 18.9 Å². The number of amides is 1. The van der Waals surface area contributed by atoms with Crippen molar-refractivity contribution in [1.29, 1.82) is 0 Å². The minimum Gasteiger partial charge on any atom is -0.468 e. The third-order valence-electron chi connectivity index (χ3n) is 4.32. The van der Waals surface area contributed by atoms with Crippen LogP contribution in [0, 0.1) is 0 Å². The first-order chi connectivity index (χ1) is 12.9. The highest BCUT2D eigenvalue weighted by Gasteiger charge is 2.28. The fraction of sp³-hybridized carbons (Fsp3) is 0.368. The molecule has 1 aromatic carbocycles. The van der Waals surface area contributed by atoms with Crippen molar-refractivity contribution in [2.24, 2.45) is 0 Å². The summed E-state index contributed by atoms with van der Waals surface area (Å²) >= 11 is 0. The molecule has 0 aliphatic carbocycles. The number of aromatic nitrogens is 1.